The summed E-state index contributed by atoms with van der Waals surface area (Å²) >= 11 is 5.71. The van der Waals surface area contributed by atoms with Gasteiger partial charge in [-0.15, -0.1) is 0 Å². The summed E-state index contributed by atoms with van der Waals surface area (Å²) in [5.41, 5.74) is 0.209. The minimum atomic E-state index is -3.89. The van der Waals surface area contributed by atoms with Gasteiger partial charge in [-0.25, -0.2) is 22.0 Å². The average Bonchev–Trinajstić information content (AvgIpc) is 2.53. The number of nitrogens with one attached hydrogen (secondary N) is 1. The molecule has 10 heteroatoms. The molecule has 134 valence electrons. The van der Waals surface area contributed by atoms with E-state index in [4.69, 9.17) is 16.7 Å². The average molecular weight is 403 g/mol. The van der Waals surface area contributed by atoms with Crippen molar-refractivity contribution < 1.29 is 21.6 Å². The second kappa shape index (κ2) is 7.52. The lowest BCUT2D eigenvalue weighted by molar-refractivity contribution is -0.115. The molecule has 0 spiro atoms. The molecule has 2 aromatic carbocycles. The summed E-state index contributed by atoms with van der Waals surface area (Å²) in [4.78, 5) is 11.8. The van der Waals surface area contributed by atoms with Crippen LogP contribution < -0.4 is 10.5 Å². The van der Waals surface area contributed by atoms with Crippen molar-refractivity contribution in [2.45, 2.75) is 16.2 Å². The lowest BCUT2D eigenvalue weighted by Crippen LogP contribution is -2.18. The molecule has 2 aromatic rings. The molecule has 0 saturated carbocycles. The quantitative estimate of drug-likeness (QED) is 0.762. The lowest BCUT2D eigenvalue weighted by Gasteiger charge is -2.07. The number of anilines is 1. The van der Waals surface area contributed by atoms with E-state index in [1.54, 1.807) is 0 Å². The number of carbonyl (C=O) groups is 1. The van der Waals surface area contributed by atoms with E-state index in [-0.39, 0.29) is 21.9 Å². The van der Waals surface area contributed by atoms with Crippen molar-refractivity contribution in [1.82, 2.24) is 0 Å². The van der Waals surface area contributed by atoms with Crippen LogP contribution in [0.5, 0.6) is 0 Å². The highest BCUT2D eigenvalue weighted by atomic mass is 35.5. The summed E-state index contributed by atoms with van der Waals surface area (Å²) < 4.78 is 46.9. The Kier molecular flexibility index (Phi) is 5.83. The van der Waals surface area contributed by atoms with Crippen LogP contribution in [-0.4, -0.2) is 28.5 Å². The fraction of sp³-hybridized carbons (Fsp3) is 0.133. The Labute approximate surface area is 150 Å². The summed E-state index contributed by atoms with van der Waals surface area (Å²) in [7, 11) is -7.53. The molecule has 0 heterocycles. The maximum atomic E-state index is 12.2. The molecule has 0 radical (unpaired) electrons. The molecule has 7 nitrogen and oxygen atoms in total. The maximum Gasteiger partial charge on any atom is 0.238 e. The second-order valence-corrected chi connectivity index (χ2v) is 9.25. The van der Waals surface area contributed by atoms with Gasteiger partial charge in [0.05, 0.1) is 15.5 Å². The summed E-state index contributed by atoms with van der Waals surface area (Å²) in [5, 5.41) is 7.87. The first kappa shape index (κ1) is 19.4. The van der Waals surface area contributed by atoms with E-state index < -0.39 is 31.5 Å². The van der Waals surface area contributed by atoms with E-state index in [9.17, 15) is 21.6 Å². The Bertz CT molecular complexity index is 987. The summed E-state index contributed by atoms with van der Waals surface area (Å²) in [6.07, 6.45) is -0.287. The third-order valence-electron chi connectivity index (χ3n) is 3.22. The SMILES string of the molecule is NS(=O)(=O)c1cccc(NC(=O)CCS(=O)(=O)c2ccc(Cl)cc2)c1. The first-order chi connectivity index (χ1) is 11.6. The molecular weight excluding hydrogens is 388 g/mol. The van der Waals surface area contributed by atoms with Gasteiger partial charge in [0.15, 0.2) is 9.84 Å². The molecule has 0 aliphatic heterocycles. The molecule has 0 saturated heterocycles. The number of hydrogen-bond acceptors (Lipinski definition) is 5. The Balaban J connectivity index is 2.02. The number of nitrogens with two attached hydrogens (primary N) is 1. The van der Waals surface area contributed by atoms with Crippen LogP contribution >= 0.6 is 11.6 Å². The van der Waals surface area contributed by atoms with Crippen molar-refractivity contribution in [2.75, 3.05) is 11.1 Å². The molecule has 0 atom stereocenters. The standard InChI is InChI=1S/C15H15ClN2O5S2/c16-11-4-6-13(7-5-11)24(20,21)9-8-15(19)18-12-2-1-3-14(10-12)25(17,22)23/h1-7,10H,8-9H2,(H,18,19)(H2,17,22,23). The number of halogens is 1. The Hall–Kier alpha value is -1.94. The Morgan fingerprint density at radius 2 is 1.64 bits per heavy atom. The van der Waals surface area contributed by atoms with Crippen molar-refractivity contribution in [2.24, 2.45) is 5.14 Å². The first-order valence-corrected chi connectivity index (χ1v) is 10.6. The number of amides is 1. The zero-order valence-electron chi connectivity index (χ0n) is 12.8. The first-order valence-electron chi connectivity index (χ1n) is 6.99. The monoisotopic (exact) mass is 402 g/mol. The van der Waals surface area contributed by atoms with E-state index in [2.05, 4.69) is 5.32 Å². The van der Waals surface area contributed by atoms with Gasteiger partial charge in [0.1, 0.15) is 0 Å². The van der Waals surface area contributed by atoms with Gasteiger partial charge >= 0.3 is 0 Å². The van der Waals surface area contributed by atoms with E-state index in [0.717, 1.165) is 0 Å². The molecule has 0 aromatic heterocycles. The number of primary sulfonamides is 1. The van der Waals surface area contributed by atoms with Crippen molar-refractivity contribution in [3.63, 3.8) is 0 Å². The molecule has 1 amide bonds. The zero-order chi connectivity index (χ0) is 18.7. The third-order valence-corrected chi connectivity index (χ3v) is 6.11. The summed E-state index contributed by atoms with van der Waals surface area (Å²) in [6.45, 7) is 0. The second-order valence-electron chi connectivity index (χ2n) is 5.14. The van der Waals surface area contributed by atoms with Gasteiger partial charge in [-0.1, -0.05) is 17.7 Å². The number of hydrogen-bond donors (Lipinski definition) is 2. The van der Waals surface area contributed by atoms with Gasteiger partial charge in [0.2, 0.25) is 15.9 Å². The number of sulfonamides is 1. The van der Waals surface area contributed by atoms with E-state index >= 15 is 0 Å². The van der Waals surface area contributed by atoms with Crippen molar-refractivity contribution in [3.05, 3.63) is 53.6 Å². The van der Waals surface area contributed by atoms with Gasteiger partial charge < -0.3 is 5.32 Å². The summed E-state index contributed by atoms with van der Waals surface area (Å²) in [6, 6.07) is 11.0. The lowest BCUT2D eigenvalue weighted by atomic mass is 10.3. The topological polar surface area (TPSA) is 123 Å². The predicted molar refractivity (Wildman–Crippen MR) is 94.6 cm³/mol. The normalized spacial score (nSPS) is 11.9. The fourth-order valence-corrected chi connectivity index (χ4v) is 3.89. The van der Waals surface area contributed by atoms with Gasteiger partial charge in [-0.2, -0.15) is 0 Å². The smallest absolute Gasteiger partial charge is 0.238 e. The molecule has 0 aliphatic rings. The Morgan fingerprint density at radius 1 is 1.00 bits per heavy atom. The number of sulfone groups is 1. The van der Waals surface area contributed by atoms with Crippen LogP contribution in [0, 0.1) is 0 Å². The van der Waals surface area contributed by atoms with Gasteiger partial charge in [0, 0.05) is 17.1 Å². The number of benzene rings is 2. The van der Waals surface area contributed by atoms with Gasteiger partial charge in [0.25, 0.3) is 0 Å². The van der Waals surface area contributed by atoms with E-state index in [1.165, 1.54) is 48.5 Å². The van der Waals surface area contributed by atoms with Crippen LogP contribution in [0.2, 0.25) is 5.02 Å². The number of carbonyl (C=O) groups excluding carboxylic acids is 1. The van der Waals surface area contributed by atoms with Crippen molar-refractivity contribution in [3.8, 4) is 0 Å². The molecule has 0 fully saturated rings. The molecule has 25 heavy (non-hydrogen) atoms. The van der Waals surface area contributed by atoms with E-state index in [1.807, 2.05) is 0 Å². The van der Waals surface area contributed by atoms with Crippen molar-refractivity contribution >= 4 is 43.1 Å². The minimum absolute atomic E-state index is 0.0703. The van der Waals surface area contributed by atoms with Crippen LogP contribution in [0.1, 0.15) is 6.42 Å². The summed E-state index contributed by atoms with van der Waals surface area (Å²) in [5.74, 6) is -0.959. The third kappa shape index (κ3) is 5.53. The minimum Gasteiger partial charge on any atom is -0.326 e. The maximum absolute atomic E-state index is 12.2. The van der Waals surface area contributed by atoms with Crippen LogP contribution in [0.4, 0.5) is 5.69 Å². The van der Waals surface area contributed by atoms with Crippen LogP contribution in [0.15, 0.2) is 58.3 Å². The van der Waals surface area contributed by atoms with Crippen LogP contribution in [0.25, 0.3) is 0 Å². The number of rotatable bonds is 6. The highest BCUT2D eigenvalue weighted by Gasteiger charge is 2.17. The highest BCUT2D eigenvalue weighted by Crippen LogP contribution is 2.17. The predicted octanol–water partition coefficient (Wildman–Crippen LogP) is 1.79. The largest absolute Gasteiger partial charge is 0.326 e. The van der Waals surface area contributed by atoms with Crippen LogP contribution in [-0.2, 0) is 24.7 Å². The molecule has 2 rings (SSSR count). The highest BCUT2D eigenvalue weighted by molar-refractivity contribution is 7.91. The Morgan fingerprint density at radius 3 is 2.24 bits per heavy atom. The van der Waals surface area contributed by atoms with Gasteiger partial charge in [-0.05, 0) is 42.5 Å². The molecule has 0 unspecified atom stereocenters. The van der Waals surface area contributed by atoms with Gasteiger partial charge in [-0.3, -0.25) is 4.79 Å². The van der Waals surface area contributed by atoms with Crippen LogP contribution in [0.3, 0.4) is 0 Å². The van der Waals surface area contributed by atoms with E-state index in [0.29, 0.717) is 5.02 Å². The molecule has 3 N–H and O–H groups in total. The van der Waals surface area contributed by atoms with Crippen molar-refractivity contribution in [1.29, 1.82) is 0 Å². The molecular formula is C15H15ClN2O5S2. The molecule has 0 bridgehead atoms. The zero-order valence-corrected chi connectivity index (χ0v) is 15.2. The fourth-order valence-electron chi connectivity index (χ4n) is 1.96. The molecule has 0 aliphatic carbocycles.